The summed E-state index contributed by atoms with van der Waals surface area (Å²) >= 11 is 0. The van der Waals surface area contributed by atoms with E-state index in [1.807, 2.05) is 0 Å². The minimum atomic E-state index is -0.688. The third-order valence-electron chi connectivity index (χ3n) is 4.43. The maximum atomic E-state index is 12.6. The number of nitrogens with zero attached hydrogens (tertiary/aromatic N) is 2. The van der Waals surface area contributed by atoms with E-state index in [1.54, 1.807) is 19.1 Å². The van der Waals surface area contributed by atoms with E-state index >= 15 is 0 Å². The first kappa shape index (κ1) is 21.1. The number of hydrogen-bond acceptors (Lipinski definition) is 6. The summed E-state index contributed by atoms with van der Waals surface area (Å²) in [7, 11) is 0. The molecule has 156 valence electrons. The summed E-state index contributed by atoms with van der Waals surface area (Å²) in [6.07, 6.45) is 0. The van der Waals surface area contributed by atoms with Gasteiger partial charge in [0.25, 0.3) is 23.2 Å². The van der Waals surface area contributed by atoms with Gasteiger partial charge >= 0.3 is 0 Å². The molecule has 0 aliphatic heterocycles. The standard InChI is InChI=1S/C21H16N4O6/c1-13-10-11-14(22-20(26)15-6-2-4-8-18(15)24(28)29)12-17(13)23-21(27)16-7-3-5-9-19(16)25(30)31/h2-12H,1H3,(H,22,26)(H,23,27). The highest BCUT2D eigenvalue weighted by Crippen LogP contribution is 2.25. The second-order valence-corrected chi connectivity index (χ2v) is 6.49. The fourth-order valence-electron chi connectivity index (χ4n) is 2.87. The first-order chi connectivity index (χ1) is 14.8. The highest BCUT2D eigenvalue weighted by atomic mass is 16.6. The largest absolute Gasteiger partial charge is 0.322 e. The zero-order valence-electron chi connectivity index (χ0n) is 16.2. The van der Waals surface area contributed by atoms with E-state index in [1.165, 1.54) is 54.6 Å². The Labute approximate surface area is 175 Å². The molecule has 10 nitrogen and oxygen atoms in total. The molecule has 0 spiro atoms. The Morgan fingerprint density at radius 1 is 0.742 bits per heavy atom. The fourth-order valence-corrected chi connectivity index (χ4v) is 2.87. The molecule has 2 N–H and O–H groups in total. The molecule has 3 aromatic carbocycles. The van der Waals surface area contributed by atoms with Crippen molar-refractivity contribution in [3.8, 4) is 0 Å². The number of rotatable bonds is 6. The van der Waals surface area contributed by atoms with E-state index in [4.69, 9.17) is 0 Å². The van der Waals surface area contributed by atoms with Crippen molar-refractivity contribution in [3.63, 3.8) is 0 Å². The van der Waals surface area contributed by atoms with Crippen molar-refractivity contribution >= 4 is 34.6 Å². The summed E-state index contributed by atoms with van der Waals surface area (Å²) in [6.45, 7) is 1.71. The number of carbonyl (C=O) groups is 2. The van der Waals surface area contributed by atoms with Gasteiger partial charge in [0.1, 0.15) is 11.1 Å². The fraction of sp³-hybridized carbons (Fsp3) is 0.0476. The topological polar surface area (TPSA) is 144 Å². The SMILES string of the molecule is Cc1ccc(NC(=O)c2ccccc2[N+](=O)[O-])cc1NC(=O)c1ccccc1[N+](=O)[O-]. The molecule has 0 heterocycles. The van der Waals surface area contributed by atoms with Gasteiger partial charge in [-0.3, -0.25) is 29.8 Å². The van der Waals surface area contributed by atoms with Gasteiger partial charge in [-0.1, -0.05) is 30.3 Å². The number of nitro benzene ring substituents is 2. The maximum Gasteiger partial charge on any atom is 0.282 e. The summed E-state index contributed by atoms with van der Waals surface area (Å²) in [4.78, 5) is 46.1. The van der Waals surface area contributed by atoms with Crippen LogP contribution in [-0.2, 0) is 0 Å². The number of carbonyl (C=O) groups excluding carboxylic acids is 2. The Morgan fingerprint density at radius 3 is 1.74 bits per heavy atom. The molecule has 0 aliphatic rings. The molecule has 0 unspecified atom stereocenters. The minimum Gasteiger partial charge on any atom is -0.322 e. The van der Waals surface area contributed by atoms with Crippen LogP contribution in [0.2, 0.25) is 0 Å². The molecule has 2 amide bonds. The lowest BCUT2D eigenvalue weighted by Gasteiger charge is -2.12. The Bertz CT molecular complexity index is 1210. The Balaban J connectivity index is 1.85. The second kappa shape index (κ2) is 8.82. The Kier molecular flexibility index (Phi) is 6.01. The predicted molar refractivity (Wildman–Crippen MR) is 113 cm³/mol. The molecule has 0 atom stereocenters. The number of para-hydroxylation sites is 2. The van der Waals surface area contributed by atoms with E-state index in [0.717, 1.165) is 0 Å². The molecule has 0 bridgehead atoms. The summed E-state index contributed by atoms with van der Waals surface area (Å²) in [5, 5.41) is 27.5. The zero-order valence-corrected chi connectivity index (χ0v) is 16.2. The average molecular weight is 420 g/mol. The van der Waals surface area contributed by atoms with Crippen LogP contribution < -0.4 is 10.6 Å². The van der Waals surface area contributed by atoms with Crippen molar-refractivity contribution in [2.45, 2.75) is 6.92 Å². The predicted octanol–water partition coefficient (Wildman–Crippen LogP) is 4.32. The van der Waals surface area contributed by atoms with Crippen LogP contribution in [0.25, 0.3) is 0 Å². The van der Waals surface area contributed by atoms with Crippen LogP contribution >= 0.6 is 0 Å². The van der Waals surface area contributed by atoms with Crippen LogP contribution in [0.3, 0.4) is 0 Å². The molecule has 0 aromatic heterocycles. The maximum absolute atomic E-state index is 12.6. The minimum absolute atomic E-state index is 0.110. The summed E-state index contributed by atoms with van der Waals surface area (Å²) in [6, 6.07) is 15.7. The van der Waals surface area contributed by atoms with Crippen LogP contribution in [0.5, 0.6) is 0 Å². The van der Waals surface area contributed by atoms with Crippen LogP contribution in [0.1, 0.15) is 26.3 Å². The van der Waals surface area contributed by atoms with Crippen molar-refractivity contribution in [1.82, 2.24) is 0 Å². The summed E-state index contributed by atoms with van der Waals surface area (Å²) in [5.74, 6) is -1.37. The van der Waals surface area contributed by atoms with Gasteiger partial charge in [0.15, 0.2) is 0 Å². The van der Waals surface area contributed by atoms with Gasteiger partial charge < -0.3 is 10.6 Å². The van der Waals surface area contributed by atoms with Crippen LogP contribution in [0, 0.1) is 27.2 Å². The van der Waals surface area contributed by atoms with Gasteiger partial charge in [-0.05, 0) is 36.8 Å². The first-order valence-electron chi connectivity index (χ1n) is 8.98. The number of aryl methyl sites for hydroxylation is 1. The van der Waals surface area contributed by atoms with E-state index in [0.29, 0.717) is 11.3 Å². The molecule has 0 fully saturated rings. The van der Waals surface area contributed by atoms with Gasteiger partial charge in [0, 0.05) is 23.5 Å². The Hall–Kier alpha value is -4.60. The molecular formula is C21H16N4O6. The van der Waals surface area contributed by atoms with Crippen molar-refractivity contribution < 1.29 is 19.4 Å². The van der Waals surface area contributed by atoms with Gasteiger partial charge in [0.05, 0.1) is 9.85 Å². The molecule has 0 saturated carbocycles. The third kappa shape index (κ3) is 4.70. The van der Waals surface area contributed by atoms with Crippen molar-refractivity contribution in [3.05, 3.63) is 104 Å². The van der Waals surface area contributed by atoms with Gasteiger partial charge in [-0.25, -0.2) is 0 Å². The van der Waals surface area contributed by atoms with E-state index in [9.17, 15) is 29.8 Å². The number of benzene rings is 3. The molecule has 3 aromatic rings. The lowest BCUT2D eigenvalue weighted by atomic mass is 10.1. The van der Waals surface area contributed by atoms with Crippen molar-refractivity contribution in [2.75, 3.05) is 10.6 Å². The highest BCUT2D eigenvalue weighted by molar-refractivity contribution is 6.09. The highest BCUT2D eigenvalue weighted by Gasteiger charge is 2.21. The Morgan fingerprint density at radius 2 is 1.23 bits per heavy atom. The number of hydrogen-bond donors (Lipinski definition) is 2. The number of nitro groups is 2. The molecule has 0 aliphatic carbocycles. The molecule has 10 heteroatoms. The molecule has 31 heavy (non-hydrogen) atoms. The van der Waals surface area contributed by atoms with Crippen LogP contribution in [-0.4, -0.2) is 21.7 Å². The van der Waals surface area contributed by atoms with Crippen molar-refractivity contribution in [2.24, 2.45) is 0 Å². The quantitative estimate of drug-likeness (QED) is 0.449. The van der Waals surface area contributed by atoms with Crippen LogP contribution in [0.15, 0.2) is 66.7 Å². The normalized spacial score (nSPS) is 10.2. The summed E-state index contributed by atoms with van der Waals surface area (Å²) in [5.41, 5.74) is 0.362. The second-order valence-electron chi connectivity index (χ2n) is 6.49. The van der Waals surface area contributed by atoms with E-state index < -0.39 is 21.7 Å². The zero-order chi connectivity index (χ0) is 22.5. The molecule has 0 saturated heterocycles. The van der Waals surface area contributed by atoms with Crippen LogP contribution in [0.4, 0.5) is 22.7 Å². The van der Waals surface area contributed by atoms with E-state index in [2.05, 4.69) is 10.6 Å². The molecule has 0 radical (unpaired) electrons. The number of anilines is 2. The lowest BCUT2D eigenvalue weighted by molar-refractivity contribution is -0.385. The summed E-state index contributed by atoms with van der Waals surface area (Å²) < 4.78 is 0. The van der Waals surface area contributed by atoms with Crippen molar-refractivity contribution in [1.29, 1.82) is 0 Å². The smallest absolute Gasteiger partial charge is 0.282 e. The monoisotopic (exact) mass is 420 g/mol. The average Bonchev–Trinajstić information content (AvgIpc) is 2.75. The van der Waals surface area contributed by atoms with Gasteiger partial charge in [0.2, 0.25) is 0 Å². The van der Waals surface area contributed by atoms with Gasteiger partial charge in [-0.15, -0.1) is 0 Å². The number of nitrogens with one attached hydrogen (secondary N) is 2. The molecule has 3 rings (SSSR count). The van der Waals surface area contributed by atoms with Gasteiger partial charge in [-0.2, -0.15) is 0 Å². The molecular weight excluding hydrogens is 404 g/mol. The third-order valence-corrected chi connectivity index (χ3v) is 4.43. The first-order valence-corrected chi connectivity index (χ1v) is 8.98. The lowest BCUT2D eigenvalue weighted by Crippen LogP contribution is -2.16. The number of amides is 2. The van der Waals surface area contributed by atoms with E-state index in [-0.39, 0.29) is 28.2 Å².